The predicted molar refractivity (Wildman–Crippen MR) is 90.1 cm³/mol. The highest BCUT2D eigenvalue weighted by Gasteiger charge is 2.27. The maximum absolute atomic E-state index is 4.86. The van der Waals surface area contributed by atoms with E-state index in [9.17, 15) is 0 Å². The fourth-order valence-electron chi connectivity index (χ4n) is 3.50. The van der Waals surface area contributed by atoms with Gasteiger partial charge in [0, 0.05) is 32.1 Å². The number of rotatable bonds is 5. The summed E-state index contributed by atoms with van der Waals surface area (Å²) in [6.07, 6.45) is 7.34. The lowest BCUT2D eigenvalue weighted by molar-refractivity contribution is 0.320. The van der Waals surface area contributed by atoms with E-state index in [1.165, 1.54) is 25.7 Å². The zero-order valence-electron chi connectivity index (χ0n) is 14.2. The highest BCUT2D eigenvalue weighted by molar-refractivity contribution is 5.58. The zero-order valence-corrected chi connectivity index (χ0v) is 14.2. The summed E-state index contributed by atoms with van der Waals surface area (Å²) in [6.45, 7) is 6.68. The molecule has 0 aromatic carbocycles. The van der Waals surface area contributed by atoms with Gasteiger partial charge in [-0.25, -0.2) is 9.97 Å². The molecule has 118 valence electrons. The largest absolute Gasteiger partial charge is 0.373 e. The number of hydrogen-bond donors (Lipinski definition) is 1. The Labute approximate surface area is 129 Å². The van der Waals surface area contributed by atoms with Gasteiger partial charge in [0.15, 0.2) is 0 Å². The van der Waals surface area contributed by atoms with Gasteiger partial charge in [-0.3, -0.25) is 0 Å². The lowest BCUT2D eigenvalue weighted by atomic mass is 9.85. The number of hydrogen-bond acceptors (Lipinski definition) is 4. The minimum Gasteiger partial charge on any atom is -0.373 e. The summed E-state index contributed by atoms with van der Waals surface area (Å²) in [6, 6.07) is 0.603. The molecular weight excluding hydrogens is 260 g/mol. The van der Waals surface area contributed by atoms with Crippen LogP contribution in [0, 0.1) is 12.8 Å². The first-order valence-corrected chi connectivity index (χ1v) is 8.36. The number of aromatic nitrogens is 2. The van der Waals surface area contributed by atoms with Crippen LogP contribution in [0.3, 0.4) is 0 Å². The Kier molecular flexibility index (Phi) is 5.43. The molecule has 1 aromatic rings. The van der Waals surface area contributed by atoms with E-state index in [0.29, 0.717) is 6.04 Å². The van der Waals surface area contributed by atoms with Crippen LogP contribution in [0.25, 0.3) is 0 Å². The van der Waals surface area contributed by atoms with E-state index >= 15 is 0 Å². The molecule has 2 rings (SSSR count). The lowest BCUT2D eigenvalue weighted by Gasteiger charge is -2.37. The standard InChI is InChI=1S/C17H30N4/c1-6-9-15-19-16(18-4)13(3)17(20-15)21(5)14-11-8-7-10-12(14)2/h12,14H,6-11H2,1-5H3,(H,18,19,20). The van der Waals surface area contributed by atoms with Crippen LogP contribution in [-0.2, 0) is 6.42 Å². The van der Waals surface area contributed by atoms with E-state index in [4.69, 9.17) is 4.98 Å². The Morgan fingerprint density at radius 3 is 2.57 bits per heavy atom. The predicted octanol–water partition coefficient (Wildman–Crippen LogP) is 3.79. The highest BCUT2D eigenvalue weighted by Crippen LogP contribution is 2.32. The van der Waals surface area contributed by atoms with Crippen LogP contribution in [0.2, 0.25) is 0 Å². The van der Waals surface area contributed by atoms with Crippen LogP contribution < -0.4 is 10.2 Å². The molecule has 1 aliphatic rings. The number of nitrogens with one attached hydrogen (secondary N) is 1. The topological polar surface area (TPSA) is 41.1 Å². The van der Waals surface area contributed by atoms with Crippen molar-refractivity contribution < 1.29 is 0 Å². The second-order valence-electron chi connectivity index (χ2n) is 6.38. The molecule has 4 nitrogen and oxygen atoms in total. The molecule has 2 atom stereocenters. The van der Waals surface area contributed by atoms with Crippen LogP contribution in [0.4, 0.5) is 11.6 Å². The molecular formula is C17H30N4. The van der Waals surface area contributed by atoms with Gasteiger partial charge in [-0.15, -0.1) is 0 Å². The van der Waals surface area contributed by atoms with Crippen molar-refractivity contribution in [3.05, 3.63) is 11.4 Å². The SMILES string of the molecule is CCCc1nc(NC)c(C)c(N(C)C2CCCCC2C)n1. The first kappa shape index (κ1) is 16.1. The van der Waals surface area contributed by atoms with Gasteiger partial charge < -0.3 is 10.2 Å². The summed E-state index contributed by atoms with van der Waals surface area (Å²) in [4.78, 5) is 11.9. The number of aryl methyl sites for hydroxylation is 1. The third-order valence-electron chi connectivity index (χ3n) is 4.77. The Balaban J connectivity index is 2.33. The minimum atomic E-state index is 0.603. The van der Waals surface area contributed by atoms with Gasteiger partial charge in [-0.1, -0.05) is 26.7 Å². The molecule has 1 N–H and O–H groups in total. The van der Waals surface area contributed by atoms with Crippen LogP contribution in [0.15, 0.2) is 0 Å². The molecule has 4 heteroatoms. The van der Waals surface area contributed by atoms with Crippen molar-refractivity contribution >= 4 is 11.6 Å². The first-order valence-electron chi connectivity index (χ1n) is 8.36. The number of nitrogens with zero attached hydrogens (tertiary/aromatic N) is 3. The van der Waals surface area contributed by atoms with Crippen LogP contribution in [0.1, 0.15) is 57.3 Å². The van der Waals surface area contributed by atoms with Gasteiger partial charge in [-0.05, 0) is 32.1 Å². The molecule has 0 radical (unpaired) electrons. The van der Waals surface area contributed by atoms with Gasteiger partial charge in [0.05, 0.1) is 0 Å². The fraction of sp³-hybridized carbons (Fsp3) is 0.765. The maximum Gasteiger partial charge on any atom is 0.137 e. The maximum atomic E-state index is 4.86. The zero-order chi connectivity index (χ0) is 15.4. The fourth-order valence-corrected chi connectivity index (χ4v) is 3.50. The smallest absolute Gasteiger partial charge is 0.137 e. The Morgan fingerprint density at radius 2 is 1.95 bits per heavy atom. The van der Waals surface area contributed by atoms with Crippen LogP contribution >= 0.6 is 0 Å². The van der Waals surface area contributed by atoms with Crippen molar-refractivity contribution in [1.82, 2.24) is 9.97 Å². The summed E-state index contributed by atoms with van der Waals surface area (Å²) in [5.41, 5.74) is 1.16. The van der Waals surface area contributed by atoms with E-state index in [0.717, 1.165) is 41.8 Å². The van der Waals surface area contributed by atoms with Crippen molar-refractivity contribution in [3.63, 3.8) is 0 Å². The van der Waals surface area contributed by atoms with E-state index in [2.05, 4.69) is 43.0 Å². The van der Waals surface area contributed by atoms with Crippen molar-refractivity contribution in [2.45, 2.75) is 65.3 Å². The molecule has 0 bridgehead atoms. The normalized spacial score (nSPS) is 22.1. The lowest BCUT2D eigenvalue weighted by Crippen LogP contribution is -2.40. The second-order valence-corrected chi connectivity index (χ2v) is 6.38. The third kappa shape index (κ3) is 3.47. The molecule has 1 fully saturated rings. The summed E-state index contributed by atoms with van der Waals surface area (Å²) < 4.78 is 0. The summed E-state index contributed by atoms with van der Waals surface area (Å²) in [7, 11) is 4.15. The van der Waals surface area contributed by atoms with Crippen LogP contribution in [-0.4, -0.2) is 30.1 Å². The molecule has 1 aliphatic carbocycles. The first-order chi connectivity index (χ1) is 10.1. The molecule has 0 spiro atoms. The molecule has 1 aromatic heterocycles. The molecule has 0 saturated heterocycles. The van der Waals surface area contributed by atoms with Gasteiger partial charge in [0.25, 0.3) is 0 Å². The molecule has 21 heavy (non-hydrogen) atoms. The van der Waals surface area contributed by atoms with Crippen LogP contribution in [0.5, 0.6) is 0 Å². The molecule has 0 aliphatic heterocycles. The Hall–Kier alpha value is -1.32. The highest BCUT2D eigenvalue weighted by atomic mass is 15.2. The van der Waals surface area contributed by atoms with Gasteiger partial charge in [0.1, 0.15) is 17.5 Å². The molecule has 0 amide bonds. The second kappa shape index (κ2) is 7.10. The van der Waals surface area contributed by atoms with E-state index in [1.807, 2.05) is 7.05 Å². The van der Waals surface area contributed by atoms with Crippen molar-refractivity contribution in [3.8, 4) is 0 Å². The number of anilines is 2. The van der Waals surface area contributed by atoms with Crippen molar-refractivity contribution in [2.24, 2.45) is 5.92 Å². The summed E-state index contributed by atoms with van der Waals surface area (Å²) >= 11 is 0. The third-order valence-corrected chi connectivity index (χ3v) is 4.77. The van der Waals surface area contributed by atoms with E-state index in [1.54, 1.807) is 0 Å². The van der Waals surface area contributed by atoms with Gasteiger partial charge in [-0.2, -0.15) is 0 Å². The van der Waals surface area contributed by atoms with Crippen molar-refractivity contribution in [1.29, 1.82) is 0 Å². The van der Waals surface area contributed by atoms with E-state index in [-0.39, 0.29) is 0 Å². The van der Waals surface area contributed by atoms with E-state index < -0.39 is 0 Å². The summed E-state index contributed by atoms with van der Waals surface area (Å²) in [5.74, 6) is 3.78. The molecule has 2 unspecified atom stereocenters. The van der Waals surface area contributed by atoms with Gasteiger partial charge >= 0.3 is 0 Å². The monoisotopic (exact) mass is 290 g/mol. The van der Waals surface area contributed by atoms with Crippen molar-refractivity contribution in [2.75, 3.05) is 24.3 Å². The molecule has 1 saturated carbocycles. The van der Waals surface area contributed by atoms with Gasteiger partial charge in [0.2, 0.25) is 0 Å². The molecule has 1 heterocycles. The quantitative estimate of drug-likeness (QED) is 0.895. The average molecular weight is 290 g/mol. The Bertz CT molecular complexity index is 472. The average Bonchev–Trinajstić information content (AvgIpc) is 2.49. The minimum absolute atomic E-state index is 0.603. The Morgan fingerprint density at radius 1 is 1.24 bits per heavy atom. The summed E-state index contributed by atoms with van der Waals surface area (Å²) in [5, 5.41) is 3.23.